The Bertz CT molecular complexity index is 179. The molecule has 0 atom stereocenters. The van der Waals surface area contributed by atoms with Crippen molar-refractivity contribution < 1.29 is 30.3 Å². The number of amides is 1. The van der Waals surface area contributed by atoms with Crippen LogP contribution >= 0.6 is 0 Å². The zero-order valence-corrected chi connectivity index (χ0v) is 14.7. The molecule has 0 bridgehead atoms. The van der Waals surface area contributed by atoms with Crippen molar-refractivity contribution >= 4 is 6.41 Å². The Morgan fingerprint density at radius 2 is 1.23 bits per heavy atom. The predicted molar refractivity (Wildman–Crippen MR) is 88.3 cm³/mol. The summed E-state index contributed by atoms with van der Waals surface area (Å²) in [6, 6.07) is 0. The molecule has 0 aliphatic carbocycles. The first kappa shape index (κ1) is 26.1. The third kappa shape index (κ3) is 27.6. The predicted octanol–water partition coefficient (Wildman–Crippen LogP) is -0.539. The molecule has 0 heterocycles. The summed E-state index contributed by atoms with van der Waals surface area (Å²) >= 11 is 0. The van der Waals surface area contributed by atoms with Crippen molar-refractivity contribution in [3.05, 3.63) is 0 Å². The van der Waals surface area contributed by atoms with Crippen molar-refractivity contribution in [3.63, 3.8) is 0 Å². The highest BCUT2D eigenvalue weighted by atomic mass is 16.5. The summed E-state index contributed by atoms with van der Waals surface area (Å²) in [7, 11) is 7.61. The molecule has 0 radical (unpaired) electrons. The molecule has 2 N–H and O–H groups in total. The van der Waals surface area contributed by atoms with Crippen LogP contribution in [0.4, 0.5) is 0 Å². The molecule has 0 aromatic heterocycles. The van der Waals surface area contributed by atoms with Crippen LogP contribution in [0.1, 0.15) is 1.43 Å². The van der Waals surface area contributed by atoms with Crippen molar-refractivity contribution in [2.24, 2.45) is 0 Å². The van der Waals surface area contributed by atoms with Crippen molar-refractivity contribution in [1.29, 1.82) is 0 Å². The van der Waals surface area contributed by atoms with E-state index in [1.54, 1.807) is 33.3 Å². The van der Waals surface area contributed by atoms with Crippen molar-refractivity contribution in [2.75, 3.05) is 88.2 Å². The number of carbonyl (C=O) groups is 1. The molecule has 8 nitrogen and oxygen atoms in total. The van der Waals surface area contributed by atoms with Crippen LogP contribution in [-0.2, 0) is 23.7 Å². The average molecular weight is 328 g/mol. The summed E-state index contributed by atoms with van der Waals surface area (Å²) in [5.74, 6) is 0. The highest BCUT2D eigenvalue weighted by Crippen LogP contribution is 1.82. The highest BCUT2D eigenvalue weighted by molar-refractivity contribution is 5.46. The maximum atomic E-state index is 10.3. The molecule has 0 saturated heterocycles. The second-order valence-electron chi connectivity index (χ2n) is 3.86. The quantitative estimate of drug-likeness (QED) is 0.347. The Morgan fingerprint density at radius 1 is 0.864 bits per heavy atom. The molecule has 138 valence electrons. The lowest BCUT2D eigenvalue weighted by atomic mass is 10.5. The van der Waals surface area contributed by atoms with Crippen LogP contribution < -0.4 is 5.32 Å². The van der Waals surface area contributed by atoms with Crippen LogP contribution in [0.25, 0.3) is 0 Å². The lowest BCUT2D eigenvalue weighted by Gasteiger charge is -2.15. The number of ether oxygens (including phenoxy) is 4. The summed E-state index contributed by atoms with van der Waals surface area (Å²) in [6.45, 7) is 5.74. The number of nitrogens with zero attached hydrogens (tertiary/aromatic N) is 1. The Labute approximate surface area is 136 Å². The monoisotopic (exact) mass is 328 g/mol. The molecule has 0 aromatic carbocycles. The van der Waals surface area contributed by atoms with Gasteiger partial charge in [-0.05, 0) is 0 Å². The second-order valence-corrected chi connectivity index (χ2v) is 3.86. The van der Waals surface area contributed by atoms with Crippen LogP contribution in [0.15, 0.2) is 0 Å². The summed E-state index contributed by atoms with van der Waals surface area (Å²) in [5.41, 5.74) is 0. The molecule has 0 aliphatic rings. The van der Waals surface area contributed by atoms with Crippen molar-refractivity contribution in [3.8, 4) is 0 Å². The van der Waals surface area contributed by atoms with Gasteiger partial charge in [0.15, 0.2) is 0 Å². The van der Waals surface area contributed by atoms with E-state index in [-0.39, 0.29) is 1.43 Å². The van der Waals surface area contributed by atoms with Gasteiger partial charge in [-0.3, -0.25) is 4.79 Å². The number of carbonyl (C=O) groups excluding carboxylic acids is 1. The van der Waals surface area contributed by atoms with Gasteiger partial charge in [-0.25, -0.2) is 0 Å². The minimum Gasteiger partial charge on any atom is -0.400 e. The van der Waals surface area contributed by atoms with E-state index >= 15 is 0 Å². The molecule has 8 heteroatoms. The number of aliphatic hydroxyl groups excluding tert-OH is 1. The molecule has 0 spiro atoms. The van der Waals surface area contributed by atoms with Crippen LogP contribution in [0.5, 0.6) is 0 Å². The summed E-state index contributed by atoms with van der Waals surface area (Å²) in [6.07, 6.45) is 0.804. The Morgan fingerprint density at radius 3 is 1.50 bits per heavy atom. The van der Waals surface area contributed by atoms with Gasteiger partial charge in [-0.2, -0.15) is 0 Å². The summed E-state index contributed by atoms with van der Waals surface area (Å²) < 4.78 is 19.3. The molecule has 0 unspecified atom stereocenters. The van der Waals surface area contributed by atoms with E-state index in [0.29, 0.717) is 26.3 Å². The first-order valence-electron chi connectivity index (χ1n) is 7.07. The molecule has 22 heavy (non-hydrogen) atoms. The molecule has 1 amide bonds. The molecular weight excluding hydrogens is 292 g/mol. The van der Waals surface area contributed by atoms with Crippen LogP contribution in [0, 0.1) is 0 Å². The molecule has 0 saturated carbocycles. The normalized spacial score (nSPS) is 9.18. The van der Waals surface area contributed by atoms with E-state index in [4.69, 9.17) is 24.1 Å². The van der Waals surface area contributed by atoms with Crippen molar-refractivity contribution in [2.45, 2.75) is 0 Å². The first-order valence-corrected chi connectivity index (χ1v) is 7.07. The number of methoxy groups -OCH3 is 4. The topological polar surface area (TPSA) is 89.5 Å². The average Bonchev–Trinajstić information content (AvgIpc) is 2.57. The van der Waals surface area contributed by atoms with Gasteiger partial charge >= 0.3 is 0 Å². The van der Waals surface area contributed by atoms with Gasteiger partial charge in [0.25, 0.3) is 0 Å². The number of hydrogen-bond donors (Lipinski definition) is 2. The van der Waals surface area contributed by atoms with E-state index in [1.165, 1.54) is 0 Å². The van der Waals surface area contributed by atoms with Gasteiger partial charge in [0.05, 0.1) is 26.4 Å². The second kappa shape index (κ2) is 28.4. The smallest absolute Gasteiger partial charge is 0.209 e. The van der Waals surface area contributed by atoms with E-state index in [1.807, 2.05) is 0 Å². The number of aliphatic hydroxyl groups is 1. The van der Waals surface area contributed by atoms with Crippen LogP contribution in [-0.4, -0.2) is 105 Å². The van der Waals surface area contributed by atoms with E-state index < -0.39 is 0 Å². The molecule has 0 fully saturated rings. The third-order valence-electron chi connectivity index (χ3n) is 2.28. The maximum absolute atomic E-state index is 10.3. The van der Waals surface area contributed by atoms with Gasteiger partial charge in [-0.1, -0.05) is 0 Å². The Balaban J connectivity index is -0.000000138. The SMILES string of the molecule is CO.COCCN(C=O)CCOC.COCCNCCOC.[HH]. The number of rotatable bonds is 13. The van der Waals surface area contributed by atoms with E-state index in [9.17, 15) is 4.79 Å². The van der Waals surface area contributed by atoms with Gasteiger partial charge in [0.1, 0.15) is 0 Å². The van der Waals surface area contributed by atoms with Gasteiger partial charge in [-0.15, -0.1) is 0 Å². The van der Waals surface area contributed by atoms with Crippen LogP contribution in [0.2, 0.25) is 0 Å². The van der Waals surface area contributed by atoms with Gasteiger partial charge < -0.3 is 34.3 Å². The zero-order valence-electron chi connectivity index (χ0n) is 14.7. The maximum Gasteiger partial charge on any atom is 0.209 e. The molecule has 0 aliphatic heterocycles. The largest absolute Gasteiger partial charge is 0.400 e. The fourth-order valence-corrected chi connectivity index (χ4v) is 1.11. The molecular formula is C14H36N2O6. The number of nitrogens with one attached hydrogen (secondary N) is 1. The molecule has 0 rings (SSSR count). The minimum absolute atomic E-state index is 0. The van der Waals surface area contributed by atoms with Crippen molar-refractivity contribution in [1.82, 2.24) is 10.2 Å². The van der Waals surface area contributed by atoms with Gasteiger partial charge in [0, 0.05) is 63.2 Å². The highest BCUT2D eigenvalue weighted by Gasteiger charge is 1.98. The Hall–Kier alpha value is -0.770. The lowest BCUT2D eigenvalue weighted by Crippen LogP contribution is -2.29. The van der Waals surface area contributed by atoms with Gasteiger partial charge in [0.2, 0.25) is 6.41 Å². The Kier molecular flexibility index (Phi) is 33.7. The number of hydrogen-bond acceptors (Lipinski definition) is 7. The summed E-state index contributed by atoms with van der Waals surface area (Å²) in [5, 5.41) is 10.1. The molecule has 0 aromatic rings. The third-order valence-corrected chi connectivity index (χ3v) is 2.28. The first-order chi connectivity index (χ1) is 10.8. The standard InChI is InChI=1S/C7H15NO3.C6H15NO2.CH4O.H2/c1-10-5-3-8(7-9)4-6-11-2;1-8-5-3-7-4-6-9-2;1-2;/h7H,3-6H2,1-2H3;7H,3-6H2,1-2H3;2H,1H3;1H. The zero-order chi connectivity index (χ0) is 17.5. The lowest BCUT2D eigenvalue weighted by molar-refractivity contribution is -0.119. The fourth-order valence-electron chi connectivity index (χ4n) is 1.11. The summed E-state index contributed by atoms with van der Waals surface area (Å²) in [4.78, 5) is 11.9. The van der Waals surface area contributed by atoms with E-state index in [0.717, 1.165) is 39.8 Å². The minimum atomic E-state index is 0. The van der Waals surface area contributed by atoms with E-state index in [2.05, 4.69) is 5.32 Å². The van der Waals surface area contributed by atoms with Crippen LogP contribution in [0.3, 0.4) is 0 Å². The fraction of sp³-hybridized carbons (Fsp3) is 0.929.